The van der Waals surface area contributed by atoms with Crippen molar-refractivity contribution < 1.29 is 18.3 Å². The molecule has 1 atom stereocenters. The van der Waals surface area contributed by atoms with E-state index in [1.807, 2.05) is 24.3 Å². The molecule has 0 fully saturated rings. The highest BCUT2D eigenvalue weighted by Gasteiger charge is 2.20. The van der Waals surface area contributed by atoms with Gasteiger partial charge in [0.05, 0.1) is 17.4 Å². The summed E-state index contributed by atoms with van der Waals surface area (Å²) in [6.45, 7) is 4.76. The van der Waals surface area contributed by atoms with Gasteiger partial charge in [0.25, 0.3) is 0 Å². The molecule has 10 heteroatoms. The Labute approximate surface area is 212 Å². The summed E-state index contributed by atoms with van der Waals surface area (Å²) in [5.41, 5.74) is 8.73. The number of nitrogens with one attached hydrogen (secondary N) is 2. The zero-order valence-electron chi connectivity index (χ0n) is 20.4. The number of sulfonamides is 1. The average molecular weight is 512 g/mol. The van der Waals surface area contributed by atoms with Gasteiger partial charge < -0.3 is 21.5 Å². The summed E-state index contributed by atoms with van der Waals surface area (Å²) in [6.07, 6.45) is 1.79. The van der Waals surface area contributed by atoms with Crippen LogP contribution in [-0.4, -0.2) is 36.5 Å². The van der Waals surface area contributed by atoms with Gasteiger partial charge in [-0.05, 0) is 55.2 Å². The number of aliphatic hydroxyl groups is 1. The molecule has 0 saturated carbocycles. The Hall–Kier alpha value is -3.31. The molecule has 0 unspecified atom stereocenters. The molecule has 1 heterocycles. The summed E-state index contributed by atoms with van der Waals surface area (Å²) < 4.78 is 22.7. The molecule has 3 aromatic rings. The minimum absolute atomic E-state index is 0.0311. The smallest absolute Gasteiger partial charge is 0.238 e. The highest BCUT2D eigenvalue weighted by atomic mass is 32.2. The van der Waals surface area contributed by atoms with E-state index in [0.717, 1.165) is 16.7 Å². The molecule has 1 aromatic heterocycles. The predicted octanol–water partition coefficient (Wildman–Crippen LogP) is 1.81. The SMILES string of the molecule is CC(C)(Cc1cccc(CC(=O)NCc2ccc(S(N)(=O)=O)cc2)c1)NC[C@H](O)c1ccc(N)nc1. The van der Waals surface area contributed by atoms with Gasteiger partial charge in [-0.15, -0.1) is 0 Å². The lowest BCUT2D eigenvalue weighted by Gasteiger charge is -2.28. The van der Waals surface area contributed by atoms with Crippen molar-refractivity contribution in [3.63, 3.8) is 0 Å². The van der Waals surface area contributed by atoms with E-state index in [0.29, 0.717) is 24.3 Å². The summed E-state index contributed by atoms with van der Waals surface area (Å²) in [5.74, 6) is 0.270. The number of aromatic nitrogens is 1. The molecule has 36 heavy (non-hydrogen) atoms. The first-order valence-corrected chi connectivity index (χ1v) is 13.1. The maximum atomic E-state index is 12.5. The highest BCUT2D eigenvalue weighted by Crippen LogP contribution is 2.18. The standard InChI is InChI=1S/C26H33N5O4S/c1-26(2,31-17-23(32)21-8-11-24(27)29-16-21)14-20-5-3-4-19(12-20)13-25(33)30-15-18-6-9-22(10-7-18)36(28,34)35/h3-12,16,23,31-32H,13-15,17H2,1-2H3,(H2,27,29)(H,30,33)(H2,28,34,35)/t23-/m0/s1. The number of β-amino-alcohol motifs (C(OH)–C–C–N with tert-alkyl or cyclic N) is 1. The number of hydrogen-bond donors (Lipinski definition) is 5. The molecule has 0 radical (unpaired) electrons. The van der Waals surface area contributed by atoms with Crippen molar-refractivity contribution in [2.24, 2.45) is 5.14 Å². The number of carbonyl (C=O) groups is 1. The Morgan fingerprint density at radius 3 is 2.39 bits per heavy atom. The molecule has 2 aromatic carbocycles. The number of primary sulfonamides is 1. The van der Waals surface area contributed by atoms with Gasteiger partial charge in [0.2, 0.25) is 15.9 Å². The minimum atomic E-state index is -3.74. The summed E-state index contributed by atoms with van der Waals surface area (Å²) in [7, 11) is -3.74. The van der Waals surface area contributed by atoms with Gasteiger partial charge in [-0.1, -0.05) is 42.5 Å². The third-order valence-corrected chi connectivity index (χ3v) is 6.64. The topological polar surface area (TPSA) is 160 Å². The number of carbonyl (C=O) groups excluding carboxylic acids is 1. The number of amides is 1. The number of nitrogen functional groups attached to an aromatic ring is 1. The first kappa shape index (κ1) is 27.3. The summed E-state index contributed by atoms with van der Waals surface area (Å²) in [4.78, 5) is 16.5. The zero-order chi connectivity index (χ0) is 26.3. The van der Waals surface area contributed by atoms with E-state index in [2.05, 4.69) is 29.5 Å². The van der Waals surface area contributed by atoms with Crippen molar-refractivity contribution in [1.82, 2.24) is 15.6 Å². The maximum absolute atomic E-state index is 12.5. The molecular weight excluding hydrogens is 478 g/mol. The van der Waals surface area contributed by atoms with Gasteiger partial charge in [0.1, 0.15) is 5.82 Å². The van der Waals surface area contributed by atoms with E-state index >= 15 is 0 Å². The van der Waals surface area contributed by atoms with E-state index in [1.54, 1.807) is 30.5 Å². The van der Waals surface area contributed by atoms with Gasteiger partial charge in [-0.25, -0.2) is 18.5 Å². The van der Waals surface area contributed by atoms with E-state index in [-0.39, 0.29) is 29.3 Å². The normalized spacial score (nSPS) is 12.8. The second-order valence-corrected chi connectivity index (χ2v) is 11.0. The van der Waals surface area contributed by atoms with Crippen molar-refractivity contribution in [3.05, 3.63) is 89.1 Å². The van der Waals surface area contributed by atoms with Crippen LogP contribution >= 0.6 is 0 Å². The molecule has 0 spiro atoms. The number of aliphatic hydroxyl groups excluding tert-OH is 1. The molecule has 9 nitrogen and oxygen atoms in total. The second kappa shape index (κ2) is 11.6. The fourth-order valence-corrected chi connectivity index (χ4v) is 4.29. The van der Waals surface area contributed by atoms with Crippen LogP contribution in [0.5, 0.6) is 0 Å². The molecule has 0 aliphatic rings. The Bertz CT molecular complexity index is 1280. The quantitative estimate of drug-likeness (QED) is 0.262. The zero-order valence-corrected chi connectivity index (χ0v) is 21.3. The van der Waals surface area contributed by atoms with Crippen LogP contribution in [0.3, 0.4) is 0 Å². The summed E-state index contributed by atoms with van der Waals surface area (Å²) >= 11 is 0. The minimum Gasteiger partial charge on any atom is -0.387 e. The van der Waals surface area contributed by atoms with Gasteiger partial charge in [0.15, 0.2) is 0 Å². The lowest BCUT2D eigenvalue weighted by atomic mass is 9.93. The number of anilines is 1. The summed E-state index contributed by atoms with van der Waals surface area (Å²) in [5, 5.41) is 21.8. The fourth-order valence-electron chi connectivity index (χ4n) is 3.77. The highest BCUT2D eigenvalue weighted by molar-refractivity contribution is 7.89. The molecule has 192 valence electrons. The van der Waals surface area contributed by atoms with Crippen LogP contribution in [0.1, 0.15) is 42.2 Å². The number of benzene rings is 2. The Balaban J connectivity index is 1.51. The number of rotatable bonds is 11. The van der Waals surface area contributed by atoms with Crippen molar-refractivity contribution in [2.45, 2.75) is 49.8 Å². The summed E-state index contributed by atoms with van der Waals surface area (Å²) in [6, 6.07) is 17.3. The van der Waals surface area contributed by atoms with Crippen LogP contribution < -0.4 is 21.5 Å². The van der Waals surface area contributed by atoms with Crippen LogP contribution in [0.4, 0.5) is 5.82 Å². The van der Waals surface area contributed by atoms with Crippen LogP contribution in [0.15, 0.2) is 71.8 Å². The Morgan fingerprint density at radius 2 is 1.75 bits per heavy atom. The lowest BCUT2D eigenvalue weighted by Crippen LogP contribution is -2.43. The van der Waals surface area contributed by atoms with Crippen LogP contribution in [0, 0.1) is 0 Å². The van der Waals surface area contributed by atoms with Crippen molar-refractivity contribution in [1.29, 1.82) is 0 Å². The molecule has 0 aliphatic carbocycles. The Kier molecular flexibility index (Phi) is 8.80. The van der Waals surface area contributed by atoms with Crippen molar-refractivity contribution in [2.75, 3.05) is 12.3 Å². The van der Waals surface area contributed by atoms with Crippen LogP contribution in [0.2, 0.25) is 0 Å². The third kappa shape index (κ3) is 8.42. The molecule has 0 aliphatic heterocycles. The molecule has 0 bridgehead atoms. The number of nitrogens with two attached hydrogens (primary N) is 2. The first-order chi connectivity index (χ1) is 16.9. The third-order valence-electron chi connectivity index (χ3n) is 5.71. The molecule has 3 rings (SSSR count). The van der Waals surface area contributed by atoms with E-state index in [9.17, 15) is 18.3 Å². The van der Waals surface area contributed by atoms with Gasteiger partial charge in [-0.3, -0.25) is 4.79 Å². The fraction of sp³-hybridized carbons (Fsp3) is 0.308. The number of hydrogen-bond acceptors (Lipinski definition) is 7. The van der Waals surface area contributed by atoms with Crippen molar-refractivity contribution >= 4 is 21.7 Å². The molecule has 1 amide bonds. The maximum Gasteiger partial charge on any atom is 0.238 e. The average Bonchev–Trinajstić information content (AvgIpc) is 2.81. The van der Waals surface area contributed by atoms with E-state index < -0.39 is 16.1 Å². The molecule has 0 saturated heterocycles. The predicted molar refractivity (Wildman–Crippen MR) is 139 cm³/mol. The van der Waals surface area contributed by atoms with Crippen LogP contribution in [0.25, 0.3) is 0 Å². The van der Waals surface area contributed by atoms with E-state index in [4.69, 9.17) is 10.9 Å². The first-order valence-electron chi connectivity index (χ1n) is 11.5. The Morgan fingerprint density at radius 1 is 1.06 bits per heavy atom. The van der Waals surface area contributed by atoms with E-state index in [1.165, 1.54) is 12.1 Å². The number of pyridine rings is 1. The monoisotopic (exact) mass is 511 g/mol. The lowest BCUT2D eigenvalue weighted by molar-refractivity contribution is -0.120. The van der Waals surface area contributed by atoms with Crippen molar-refractivity contribution in [3.8, 4) is 0 Å². The number of nitrogens with zero attached hydrogens (tertiary/aromatic N) is 1. The molecular formula is C26H33N5O4S. The van der Waals surface area contributed by atoms with Gasteiger partial charge in [0, 0.05) is 30.4 Å². The van der Waals surface area contributed by atoms with Crippen LogP contribution in [-0.2, 0) is 34.2 Å². The van der Waals surface area contributed by atoms with Gasteiger partial charge >= 0.3 is 0 Å². The van der Waals surface area contributed by atoms with Gasteiger partial charge in [-0.2, -0.15) is 0 Å². The largest absolute Gasteiger partial charge is 0.387 e. The second-order valence-electron chi connectivity index (χ2n) is 9.44. The molecule has 7 N–H and O–H groups in total.